The number of anilines is 3. The van der Waals surface area contributed by atoms with Crippen molar-refractivity contribution in [3.63, 3.8) is 0 Å². The molecule has 2 aliphatic rings. The van der Waals surface area contributed by atoms with E-state index in [1.54, 1.807) is 10.8 Å². The van der Waals surface area contributed by atoms with E-state index >= 15 is 0 Å². The smallest absolute Gasteiger partial charge is 0.253 e. The fraction of sp³-hybridized carbons (Fsp3) is 0.433. The Hall–Kier alpha value is -4.43. The van der Waals surface area contributed by atoms with E-state index in [0.29, 0.717) is 48.2 Å². The summed E-state index contributed by atoms with van der Waals surface area (Å²) < 4.78 is 1.71. The Labute approximate surface area is 239 Å². The second kappa shape index (κ2) is 12.4. The molecule has 3 N–H and O–H groups in total. The van der Waals surface area contributed by atoms with Gasteiger partial charge in [0.2, 0.25) is 17.8 Å². The molecule has 41 heavy (non-hydrogen) atoms. The van der Waals surface area contributed by atoms with Crippen LogP contribution in [0.5, 0.6) is 0 Å². The third-order valence-corrected chi connectivity index (χ3v) is 7.97. The van der Waals surface area contributed by atoms with Crippen molar-refractivity contribution in [2.24, 2.45) is 0 Å². The summed E-state index contributed by atoms with van der Waals surface area (Å²) in [6.07, 6.45) is 9.92. The lowest BCUT2D eigenvalue weighted by Gasteiger charge is -2.34. The molecule has 0 unspecified atom stereocenters. The Balaban J connectivity index is 1.33. The van der Waals surface area contributed by atoms with Crippen LogP contribution in [0.2, 0.25) is 0 Å². The lowest BCUT2D eigenvalue weighted by molar-refractivity contribution is -0.129. The quantitative estimate of drug-likeness (QED) is 0.298. The summed E-state index contributed by atoms with van der Waals surface area (Å²) in [5, 5.41) is 9.31. The molecule has 2 aromatic heterocycles. The maximum Gasteiger partial charge on any atom is 0.253 e. The third kappa shape index (κ3) is 6.49. The predicted molar refractivity (Wildman–Crippen MR) is 159 cm³/mol. The van der Waals surface area contributed by atoms with Gasteiger partial charge in [-0.05, 0) is 57.0 Å². The summed E-state index contributed by atoms with van der Waals surface area (Å²) in [4.78, 5) is 50.9. The Morgan fingerprint density at radius 3 is 2.41 bits per heavy atom. The number of hydrogen-bond acceptors (Lipinski definition) is 8. The molecule has 5 rings (SSSR count). The first-order valence-electron chi connectivity index (χ1n) is 14.0. The van der Waals surface area contributed by atoms with Crippen molar-refractivity contribution in [3.8, 4) is 12.3 Å². The first kappa shape index (κ1) is 28.1. The van der Waals surface area contributed by atoms with E-state index < -0.39 is 0 Å². The molecule has 2 amide bonds. The topological polar surface area (TPSA) is 124 Å². The van der Waals surface area contributed by atoms with Gasteiger partial charge in [0.1, 0.15) is 12.1 Å². The number of nitrogens with one attached hydrogen (secondary N) is 3. The monoisotopic (exact) mass is 556 g/mol. The normalized spacial score (nSPS) is 19.4. The molecule has 214 valence electrons. The van der Waals surface area contributed by atoms with Crippen LogP contribution >= 0.6 is 0 Å². The number of benzene rings is 1. The van der Waals surface area contributed by atoms with Gasteiger partial charge >= 0.3 is 0 Å². The van der Waals surface area contributed by atoms with Crippen molar-refractivity contribution >= 4 is 40.2 Å². The maximum atomic E-state index is 13.3. The Bertz CT molecular complexity index is 1510. The van der Waals surface area contributed by atoms with Crippen LogP contribution in [-0.2, 0) is 9.59 Å². The number of amides is 2. The van der Waals surface area contributed by atoms with Gasteiger partial charge in [-0.25, -0.2) is 4.98 Å². The number of nitrogens with zero attached hydrogens (tertiary/aromatic N) is 5. The van der Waals surface area contributed by atoms with E-state index in [0.717, 1.165) is 31.9 Å². The van der Waals surface area contributed by atoms with Crippen molar-refractivity contribution in [1.29, 1.82) is 0 Å². The molecule has 0 radical (unpaired) electrons. The second-order valence-corrected chi connectivity index (χ2v) is 10.7. The van der Waals surface area contributed by atoms with Gasteiger partial charge in [-0.2, -0.15) is 4.98 Å². The number of likely N-dealkylation sites (N-methyl/N-ethyl adjacent to an activating group) is 1. The number of fused-ring (bicyclic) bond motifs is 1. The number of pyridine rings is 1. The molecule has 3 aromatic rings. The van der Waals surface area contributed by atoms with Gasteiger partial charge in [0.15, 0.2) is 0 Å². The largest absolute Gasteiger partial charge is 0.369 e. The van der Waals surface area contributed by atoms with Gasteiger partial charge < -0.3 is 25.8 Å². The van der Waals surface area contributed by atoms with E-state index in [9.17, 15) is 14.4 Å². The minimum absolute atomic E-state index is 0.0453. The van der Waals surface area contributed by atoms with Crippen LogP contribution in [0.1, 0.15) is 43.7 Å². The minimum atomic E-state index is -0.321. The standard InChI is InChI=1S/C30H36N8O3/c1-4-20-17-28(41)38(24-11-7-21(8-12-24)33-27(40)18-26(39)31-2)29-25(20)19-32-30(35-29)34-22-5-9-23(10-6-22)37-15-13-36(3)14-16-37/h1,5-6,9-10,17,19,21,24H,7-8,11-16,18H2,2-3H3,(H,31,39)(H,33,40)(H,32,34,35). The molecule has 1 aromatic carbocycles. The molecule has 0 atom stereocenters. The lowest BCUT2D eigenvalue weighted by atomic mass is 9.90. The number of hydrogen-bond donors (Lipinski definition) is 3. The van der Waals surface area contributed by atoms with Crippen molar-refractivity contribution < 1.29 is 9.59 Å². The molecule has 0 bridgehead atoms. The zero-order chi connectivity index (χ0) is 28.9. The molecular weight excluding hydrogens is 520 g/mol. The molecule has 11 nitrogen and oxygen atoms in total. The summed E-state index contributed by atoms with van der Waals surface area (Å²) >= 11 is 0. The van der Waals surface area contributed by atoms with Gasteiger partial charge in [-0.3, -0.25) is 19.0 Å². The minimum Gasteiger partial charge on any atom is -0.369 e. The van der Waals surface area contributed by atoms with E-state index in [1.165, 1.54) is 18.8 Å². The highest BCUT2D eigenvalue weighted by atomic mass is 16.2. The van der Waals surface area contributed by atoms with Gasteiger partial charge in [-0.15, -0.1) is 6.42 Å². The zero-order valence-corrected chi connectivity index (χ0v) is 23.5. The molecule has 1 saturated heterocycles. The number of carbonyl (C=O) groups excluding carboxylic acids is 2. The molecule has 3 heterocycles. The summed E-state index contributed by atoms with van der Waals surface area (Å²) in [6.45, 7) is 4.08. The number of aromatic nitrogens is 3. The van der Waals surface area contributed by atoms with Crippen LogP contribution in [-0.4, -0.2) is 77.6 Å². The number of carbonyl (C=O) groups is 2. The summed E-state index contributed by atoms with van der Waals surface area (Å²) in [5.41, 5.74) is 2.76. The number of terminal acetylenes is 1. The molecule has 1 aliphatic heterocycles. The first-order chi connectivity index (χ1) is 19.8. The predicted octanol–water partition coefficient (Wildman–Crippen LogP) is 2.00. The van der Waals surface area contributed by atoms with Gasteiger partial charge in [0.25, 0.3) is 5.56 Å². The molecular formula is C30H36N8O3. The SMILES string of the molecule is C#Cc1cc(=O)n(C2CCC(NC(=O)CC(=O)NC)CC2)c2nc(Nc3ccc(N4CCN(C)CC4)cc3)ncc12. The van der Waals surface area contributed by atoms with Crippen LogP contribution in [0.4, 0.5) is 17.3 Å². The number of rotatable bonds is 7. The summed E-state index contributed by atoms with van der Waals surface area (Å²) in [5.74, 6) is 2.36. The Morgan fingerprint density at radius 2 is 1.76 bits per heavy atom. The van der Waals surface area contributed by atoms with Crippen molar-refractivity contribution in [2.75, 3.05) is 50.5 Å². The third-order valence-electron chi connectivity index (χ3n) is 7.97. The Kier molecular flexibility index (Phi) is 8.50. The van der Waals surface area contributed by atoms with Gasteiger partial charge in [0.05, 0.1) is 5.39 Å². The van der Waals surface area contributed by atoms with Crippen molar-refractivity contribution in [1.82, 2.24) is 30.1 Å². The summed E-state index contributed by atoms with van der Waals surface area (Å²) in [7, 11) is 3.64. The molecule has 11 heteroatoms. The van der Waals surface area contributed by atoms with Crippen molar-refractivity contribution in [2.45, 2.75) is 44.2 Å². The average Bonchev–Trinajstić information content (AvgIpc) is 2.98. The van der Waals surface area contributed by atoms with Crippen LogP contribution in [0.25, 0.3) is 11.0 Å². The second-order valence-electron chi connectivity index (χ2n) is 10.7. The highest BCUT2D eigenvalue weighted by Gasteiger charge is 2.27. The molecule has 0 spiro atoms. The van der Waals surface area contributed by atoms with E-state index in [2.05, 4.69) is 55.8 Å². The fourth-order valence-corrected chi connectivity index (χ4v) is 5.59. The van der Waals surface area contributed by atoms with Crippen LogP contribution in [0.3, 0.4) is 0 Å². The van der Waals surface area contributed by atoms with E-state index in [1.807, 2.05) is 12.1 Å². The first-order valence-corrected chi connectivity index (χ1v) is 14.0. The van der Waals surface area contributed by atoms with Crippen LogP contribution < -0.4 is 26.4 Å². The van der Waals surface area contributed by atoms with Gasteiger partial charge in [0, 0.05) is 74.5 Å². The van der Waals surface area contributed by atoms with Gasteiger partial charge in [-0.1, -0.05) is 5.92 Å². The fourth-order valence-electron chi connectivity index (χ4n) is 5.59. The van der Waals surface area contributed by atoms with E-state index in [4.69, 9.17) is 11.4 Å². The number of piperazine rings is 1. The zero-order valence-electron chi connectivity index (χ0n) is 23.5. The summed E-state index contributed by atoms with van der Waals surface area (Å²) in [6, 6.07) is 9.51. The molecule has 2 fully saturated rings. The molecule has 1 saturated carbocycles. The van der Waals surface area contributed by atoms with Crippen LogP contribution in [0, 0.1) is 12.3 Å². The van der Waals surface area contributed by atoms with Crippen molar-refractivity contribution in [3.05, 3.63) is 52.4 Å². The van der Waals surface area contributed by atoms with E-state index in [-0.39, 0.29) is 35.9 Å². The average molecular weight is 557 g/mol. The highest BCUT2D eigenvalue weighted by Crippen LogP contribution is 2.31. The maximum absolute atomic E-state index is 13.3. The Morgan fingerprint density at radius 1 is 1.05 bits per heavy atom. The lowest BCUT2D eigenvalue weighted by Crippen LogP contribution is -2.44. The molecule has 1 aliphatic carbocycles. The van der Waals surface area contributed by atoms with Crippen LogP contribution in [0.15, 0.2) is 41.3 Å². The highest BCUT2D eigenvalue weighted by molar-refractivity contribution is 5.96.